The van der Waals surface area contributed by atoms with Crippen LogP contribution in [0.2, 0.25) is 0 Å². The van der Waals surface area contributed by atoms with Crippen LogP contribution in [0.4, 0.5) is 0 Å². The van der Waals surface area contributed by atoms with Crippen molar-refractivity contribution in [1.29, 1.82) is 0 Å². The van der Waals surface area contributed by atoms with Crippen molar-refractivity contribution >= 4 is 5.97 Å². The van der Waals surface area contributed by atoms with Crippen LogP contribution in [0.15, 0.2) is 0 Å². The first-order chi connectivity index (χ1) is 6.09. The lowest BCUT2D eigenvalue weighted by atomic mass is 9.79. The average molecular weight is 186 g/mol. The molecular formula is C9H14O4. The van der Waals surface area contributed by atoms with E-state index in [1.54, 1.807) is 0 Å². The molecule has 3 N–H and O–H groups in total. The molecule has 2 fully saturated rings. The Kier molecular flexibility index (Phi) is 2.04. The monoisotopic (exact) mass is 186 g/mol. The lowest BCUT2D eigenvalue weighted by Crippen LogP contribution is -2.36. The topological polar surface area (TPSA) is 77.8 Å². The Bertz CT molecular complexity index is 226. The van der Waals surface area contributed by atoms with E-state index in [0.717, 1.165) is 6.42 Å². The highest BCUT2D eigenvalue weighted by molar-refractivity contribution is 5.70. The second kappa shape index (κ2) is 2.96. The van der Waals surface area contributed by atoms with Gasteiger partial charge in [-0.1, -0.05) is 0 Å². The Hall–Kier alpha value is -0.610. The van der Waals surface area contributed by atoms with E-state index in [9.17, 15) is 4.79 Å². The van der Waals surface area contributed by atoms with Gasteiger partial charge in [-0.2, -0.15) is 0 Å². The molecule has 0 aliphatic heterocycles. The zero-order valence-electron chi connectivity index (χ0n) is 7.26. The van der Waals surface area contributed by atoms with Crippen molar-refractivity contribution in [3.8, 4) is 0 Å². The Morgan fingerprint density at radius 1 is 1.15 bits per heavy atom. The molecule has 4 heteroatoms. The summed E-state index contributed by atoms with van der Waals surface area (Å²) in [4.78, 5) is 10.8. The maximum atomic E-state index is 10.8. The van der Waals surface area contributed by atoms with Gasteiger partial charge in [0.05, 0.1) is 5.92 Å². The van der Waals surface area contributed by atoms with Crippen LogP contribution in [0.25, 0.3) is 0 Å². The third kappa shape index (κ3) is 1.56. The fourth-order valence-corrected chi connectivity index (χ4v) is 2.52. The molecule has 2 saturated carbocycles. The van der Waals surface area contributed by atoms with Gasteiger partial charge in [-0.25, -0.2) is 0 Å². The maximum Gasteiger partial charge on any atom is 0.306 e. The van der Waals surface area contributed by atoms with Gasteiger partial charge in [0, 0.05) is 5.92 Å². The maximum absolute atomic E-state index is 10.8. The number of carboxylic acids is 1. The Labute approximate surface area is 76.2 Å². The van der Waals surface area contributed by atoms with Crippen molar-refractivity contribution in [3.05, 3.63) is 0 Å². The van der Waals surface area contributed by atoms with Gasteiger partial charge in [0.15, 0.2) is 6.29 Å². The van der Waals surface area contributed by atoms with Crippen LogP contribution < -0.4 is 0 Å². The summed E-state index contributed by atoms with van der Waals surface area (Å²) in [6.07, 6.45) is 0.900. The fraction of sp³-hybridized carbons (Fsp3) is 0.889. The quantitative estimate of drug-likeness (QED) is 0.532. The molecule has 0 aromatic heterocycles. The van der Waals surface area contributed by atoms with Gasteiger partial charge in [-0.15, -0.1) is 0 Å². The lowest BCUT2D eigenvalue weighted by Gasteiger charge is -2.29. The minimum atomic E-state index is -1.47. The normalized spacial score (nSPS) is 43.0. The second-order valence-corrected chi connectivity index (χ2v) is 4.25. The third-order valence-corrected chi connectivity index (χ3v) is 3.42. The second-order valence-electron chi connectivity index (χ2n) is 4.25. The molecule has 0 amide bonds. The molecular weight excluding hydrogens is 172 g/mol. The molecule has 2 unspecified atom stereocenters. The predicted octanol–water partition coefficient (Wildman–Crippen LogP) is 0.0440. The van der Waals surface area contributed by atoms with Gasteiger partial charge in [0.2, 0.25) is 0 Å². The minimum absolute atomic E-state index is 0.457. The SMILES string of the molecule is O=C(O)[C@H]1CC2CC2C[C@@H]1C(O)O. The van der Waals surface area contributed by atoms with E-state index in [-0.39, 0.29) is 0 Å². The molecule has 0 radical (unpaired) electrons. The van der Waals surface area contributed by atoms with Crippen molar-refractivity contribution in [2.75, 3.05) is 0 Å². The highest BCUT2D eigenvalue weighted by atomic mass is 16.5. The smallest absolute Gasteiger partial charge is 0.306 e. The summed E-state index contributed by atoms with van der Waals surface area (Å²) in [6.45, 7) is 0. The molecule has 2 aliphatic carbocycles. The predicted molar refractivity (Wildman–Crippen MR) is 43.7 cm³/mol. The molecule has 2 aliphatic rings. The number of fused-ring (bicyclic) bond motifs is 1. The average Bonchev–Trinajstić information content (AvgIpc) is 2.78. The van der Waals surface area contributed by atoms with Crippen LogP contribution in [0.1, 0.15) is 19.3 Å². The Morgan fingerprint density at radius 3 is 2.31 bits per heavy atom. The molecule has 0 bridgehead atoms. The van der Waals surface area contributed by atoms with Crippen LogP contribution in [0.5, 0.6) is 0 Å². The van der Waals surface area contributed by atoms with Crippen LogP contribution in [0.3, 0.4) is 0 Å². The van der Waals surface area contributed by atoms with E-state index >= 15 is 0 Å². The fourth-order valence-electron chi connectivity index (χ4n) is 2.52. The molecule has 2 rings (SSSR count). The highest BCUT2D eigenvalue weighted by Crippen LogP contribution is 2.54. The van der Waals surface area contributed by atoms with E-state index in [0.29, 0.717) is 24.7 Å². The number of carbonyl (C=O) groups is 1. The van der Waals surface area contributed by atoms with Crippen LogP contribution >= 0.6 is 0 Å². The summed E-state index contributed by atoms with van der Waals surface area (Å²) in [5, 5.41) is 26.9. The number of hydrogen-bond donors (Lipinski definition) is 3. The van der Waals surface area contributed by atoms with Gasteiger partial charge >= 0.3 is 5.97 Å². The van der Waals surface area contributed by atoms with E-state index in [1.807, 2.05) is 0 Å². The molecule has 0 heterocycles. The summed E-state index contributed by atoms with van der Waals surface area (Å²) in [5.41, 5.74) is 0. The Balaban J connectivity index is 2.07. The zero-order valence-corrected chi connectivity index (χ0v) is 7.26. The van der Waals surface area contributed by atoms with Gasteiger partial charge in [0.25, 0.3) is 0 Å². The molecule has 4 atom stereocenters. The summed E-state index contributed by atoms with van der Waals surface area (Å²) < 4.78 is 0. The molecule has 13 heavy (non-hydrogen) atoms. The lowest BCUT2D eigenvalue weighted by molar-refractivity contribution is -0.158. The van der Waals surface area contributed by atoms with Crippen LogP contribution in [0, 0.1) is 23.7 Å². The molecule has 0 aromatic rings. The minimum Gasteiger partial charge on any atom is -0.481 e. The molecule has 0 saturated heterocycles. The molecule has 0 aromatic carbocycles. The van der Waals surface area contributed by atoms with Gasteiger partial charge in [0.1, 0.15) is 0 Å². The molecule has 0 spiro atoms. The van der Waals surface area contributed by atoms with Crippen molar-refractivity contribution < 1.29 is 20.1 Å². The van der Waals surface area contributed by atoms with Crippen molar-refractivity contribution in [3.63, 3.8) is 0 Å². The number of aliphatic hydroxyl groups excluding tert-OH is 1. The van der Waals surface area contributed by atoms with E-state index < -0.39 is 24.1 Å². The van der Waals surface area contributed by atoms with E-state index in [2.05, 4.69) is 0 Å². The van der Waals surface area contributed by atoms with Gasteiger partial charge in [-0.3, -0.25) is 4.79 Å². The van der Waals surface area contributed by atoms with Crippen LogP contribution in [-0.2, 0) is 4.79 Å². The number of aliphatic carboxylic acids is 1. The summed E-state index contributed by atoms with van der Waals surface area (Å²) in [6, 6.07) is 0. The zero-order chi connectivity index (χ0) is 9.59. The van der Waals surface area contributed by atoms with E-state index in [1.165, 1.54) is 0 Å². The number of hydrogen-bond acceptors (Lipinski definition) is 3. The first-order valence-electron chi connectivity index (χ1n) is 4.68. The van der Waals surface area contributed by atoms with Gasteiger partial charge in [-0.05, 0) is 31.1 Å². The van der Waals surface area contributed by atoms with Crippen LogP contribution in [-0.4, -0.2) is 27.6 Å². The molecule has 74 valence electrons. The van der Waals surface area contributed by atoms with Crippen molar-refractivity contribution in [2.45, 2.75) is 25.6 Å². The van der Waals surface area contributed by atoms with E-state index in [4.69, 9.17) is 15.3 Å². The first-order valence-corrected chi connectivity index (χ1v) is 4.68. The van der Waals surface area contributed by atoms with Crippen molar-refractivity contribution in [1.82, 2.24) is 0 Å². The number of aliphatic hydroxyl groups is 2. The largest absolute Gasteiger partial charge is 0.481 e. The summed E-state index contributed by atoms with van der Waals surface area (Å²) in [5.74, 6) is -0.799. The Morgan fingerprint density at radius 2 is 1.77 bits per heavy atom. The standard InChI is InChI=1S/C9H14O4/c10-8(11)6-2-4-1-5(4)3-7(6)9(12)13/h4-8,10-11H,1-3H2,(H,12,13)/t4?,5?,6-,7-/m0/s1. The number of rotatable bonds is 2. The van der Waals surface area contributed by atoms with Gasteiger partial charge < -0.3 is 15.3 Å². The first kappa shape index (κ1) is 8.97. The third-order valence-electron chi connectivity index (χ3n) is 3.42. The summed E-state index contributed by atoms with van der Waals surface area (Å²) >= 11 is 0. The summed E-state index contributed by atoms with van der Waals surface area (Å²) in [7, 11) is 0. The van der Waals surface area contributed by atoms with Crippen molar-refractivity contribution in [2.24, 2.45) is 23.7 Å². The highest BCUT2D eigenvalue weighted by Gasteiger charge is 2.50. The molecule has 4 nitrogen and oxygen atoms in total. The number of carboxylic acid groups (broad SMARTS) is 1.